The van der Waals surface area contributed by atoms with Crippen LogP contribution < -0.4 is 16.0 Å². The lowest BCUT2D eigenvalue weighted by Crippen LogP contribution is -2.82. The normalized spacial score (nSPS) is 27.2. The summed E-state index contributed by atoms with van der Waals surface area (Å²) in [5, 5.41) is 35.1. The van der Waals surface area contributed by atoms with Crippen LogP contribution in [0.25, 0.3) is 0 Å². The predicted molar refractivity (Wildman–Crippen MR) is 294 cm³/mol. The Morgan fingerprint density at radius 2 is 1.40 bits per heavy atom. The molecule has 4 aromatic carbocycles. The van der Waals surface area contributed by atoms with Crippen molar-refractivity contribution in [1.82, 2.24) is 10.6 Å². The third-order valence-corrected chi connectivity index (χ3v) is 16.6. The highest BCUT2D eigenvalue weighted by molar-refractivity contribution is 5.97. The second kappa shape index (κ2) is 24.4. The van der Waals surface area contributed by atoms with Crippen molar-refractivity contribution in [2.45, 2.75) is 141 Å². The molecule has 82 heavy (non-hydrogen) atoms. The fourth-order valence-corrected chi connectivity index (χ4v) is 12.3. The van der Waals surface area contributed by atoms with Gasteiger partial charge < -0.3 is 59.3 Å². The predicted octanol–water partition coefficient (Wildman–Crippen LogP) is 6.67. The second-order valence-electron chi connectivity index (χ2n) is 22.6. The SMILES string of the molecule is CNC(CC(C)C)C(=O)Nc1ccc(COC(=O)O[C@@H](C(=O)O[C@H]2C[C@@]3(O)C(OC(=O)c4ccccc4)C4[C@](C)(C(=O)[C@H](OC(C)=O)C(=C2C)C3(C)C)[C@@H](O)C[C@H]2OC[C@@]42OC(C)=O)[C@@H](NC(=O)c2ccccc2)c2ccccc2)cc1. The van der Waals surface area contributed by atoms with Gasteiger partial charge in [0.2, 0.25) is 12.0 Å². The van der Waals surface area contributed by atoms with E-state index in [1.165, 1.54) is 52.0 Å². The van der Waals surface area contributed by atoms with Crippen LogP contribution in [0.15, 0.2) is 126 Å². The van der Waals surface area contributed by atoms with Crippen LogP contribution in [-0.2, 0) is 63.7 Å². The molecule has 1 heterocycles. The Balaban J connectivity index is 1.21. The maximum absolute atomic E-state index is 15.8. The fourth-order valence-electron chi connectivity index (χ4n) is 12.3. The fraction of sp³-hybridized carbons (Fsp3) is 0.452. The number of rotatable bonds is 18. The zero-order chi connectivity index (χ0) is 59.5. The van der Waals surface area contributed by atoms with Crippen molar-refractivity contribution in [1.29, 1.82) is 0 Å². The minimum absolute atomic E-state index is 0.0269. The van der Waals surface area contributed by atoms with E-state index in [0.717, 1.165) is 13.8 Å². The molecule has 5 N–H and O–H groups in total. The maximum atomic E-state index is 15.8. The third kappa shape index (κ3) is 11.8. The summed E-state index contributed by atoms with van der Waals surface area (Å²) in [6.45, 7) is 11.4. The zero-order valence-corrected chi connectivity index (χ0v) is 47.3. The Kier molecular flexibility index (Phi) is 17.9. The van der Waals surface area contributed by atoms with Gasteiger partial charge in [-0.3, -0.25) is 24.0 Å². The molecule has 4 aromatic rings. The summed E-state index contributed by atoms with van der Waals surface area (Å²) in [6, 6.07) is 28.5. The Bertz CT molecular complexity index is 3080. The van der Waals surface area contributed by atoms with E-state index in [4.69, 9.17) is 33.2 Å². The number of hydrogen-bond acceptors (Lipinski definition) is 18. The van der Waals surface area contributed by atoms with Crippen molar-refractivity contribution >= 4 is 53.3 Å². The number of benzene rings is 4. The van der Waals surface area contributed by atoms with Crippen molar-refractivity contribution in [3.05, 3.63) is 149 Å². The molecule has 20 nitrogen and oxygen atoms in total. The van der Waals surface area contributed by atoms with Crippen LogP contribution in [-0.4, -0.2) is 125 Å². The first-order valence-electron chi connectivity index (χ1n) is 27.3. The number of nitrogens with one attached hydrogen (secondary N) is 3. The quantitative estimate of drug-likeness (QED) is 0.0395. The number of carbonyl (C=O) groups excluding carboxylic acids is 8. The number of aliphatic hydroxyl groups excluding tert-OH is 1. The van der Waals surface area contributed by atoms with E-state index in [9.17, 15) is 39.0 Å². The highest BCUT2D eigenvalue weighted by atomic mass is 16.7. The molecule has 1 aliphatic heterocycles. The van der Waals surface area contributed by atoms with E-state index < -0.39 is 125 Å². The minimum atomic E-state index is -2.51. The molecule has 12 atom stereocenters. The van der Waals surface area contributed by atoms with Gasteiger partial charge in [-0.25, -0.2) is 14.4 Å². The lowest BCUT2D eigenvalue weighted by molar-refractivity contribution is -0.346. The molecule has 2 bridgehead atoms. The molecule has 3 fully saturated rings. The van der Waals surface area contributed by atoms with Crippen LogP contribution >= 0.6 is 0 Å². The molecule has 436 valence electrons. The monoisotopic (exact) mass is 1130 g/mol. The summed E-state index contributed by atoms with van der Waals surface area (Å²) < 4.78 is 42.5. The van der Waals surface area contributed by atoms with Gasteiger partial charge in [0.1, 0.15) is 36.6 Å². The van der Waals surface area contributed by atoms with E-state index >= 15 is 9.59 Å². The highest BCUT2D eigenvalue weighted by Crippen LogP contribution is 2.64. The molecule has 3 unspecified atom stereocenters. The van der Waals surface area contributed by atoms with Crippen LogP contribution in [0.4, 0.5) is 10.5 Å². The number of hydrogen-bond donors (Lipinski definition) is 5. The molecular weight excluding hydrogens is 1060 g/mol. The number of esters is 4. The van der Waals surface area contributed by atoms with Gasteiger partial charge in [0.25, 0.3) is 5.91 Å². The number of ether oxygens (including phenoxy) is 7. The molecule has 0 spiro atoms. The van der Waals surface area contributed by atoms with Gasteiger partial charge in [-0.2, -0.15) is 0 Å². The van der Waals surface area contributed by atoms with Gasteiger partial charge in [0.15, 0.2) is 17.5 Å². The number of fused-ring (bicyclic) bond motifs is 5. The first kappa shape index (κ1) is 60.3. The van der Waals surface area contributed by atoms with Crippen molar-refractivity contribution in [3.63, 3.8) is 0 Å². The zero-order valence-electron chi connectivity index (χ0n) is 47.3. The van der Waals surface area contributed by atoms with Gasteiger partial charge in [-0.1, -0.05) is 107 Å². The number of aliphatic hydroxyl groups is 2. The highest BCUT2D eigenvalue weighted by Gasteiger charge is 2.78. The molecule has 0 aromatic heterocycles. The van der Waals surface area contributed by atoms with Crippen LogP contribution in [0.3, 0.4) is 0 Å². The Labute approximate surface area is 475 Å². The average molecular weight is 1130 g/mol. The first-order valence-corrected chi connectivity index (χ1v) is 27.3. The van der Waals surface area contributed by atoms with Crippen LogP contribution in [0.1, 0.15) is 113 Å². The standard InChI is InChI=1S/C62H71N3O17/c1-34(2)29-43(63-9)55(71)64-42-27-25-38(26-28-42)32-76-58(74)80-50(48(39-19-13-10-14-20-39)65-54(70)40-21-15-11-16-22-40)57(73)79-44-31-62(75)53(81-56(72)41-23-17-12-18-24-41)51-60(8,45(68)30-46-61(51,33-77-46)82-37(5)67)52(69)49(78-36(4)66)47(35(44)3)59(62,6)7/h10-28,34,43-46,48-51,53,63,68,75H,29-33H2,1-9H3,(H,64,71)(H,65,70)/t43?,44-,45-,46+,48-,49+,50+,51?,53?,60+,61-,62+/m0/s1. The maximum Gasteiger partial charge on any atom is 0.509 e. The van der Waals surface area contributed by atoms with Gasteiger partial charge in [-0.15, -0.1) is 0 Å². The molecule has 4 aliphatic rings. The van der Waals surface area contributed by atoms with E-state index in [-0.39, 0.29) is 59.3 Å². The van der Waals surface area contributed by atoms with Crippen molar-refractivity contribution in [2.75, 3.05) is 19.0 Å². The number of likely N-dealkylation sites (N-methyl/N-ethyl adjacent to an activating group) is 1. The van der Waals surface area contributed by atoms with Gasteiger partial charge >= 0.3 is 30.0 Å². The Morgan fingerprint density at radius 1 is 0.793 bits per heavy atom. The van der Waals surface area contributed by atoms with Crippen LogP contribution in [0.5, 0.6) is 0 Å². The third-order valence-electron chi connectivity index (χ3n) is 16.6. The molecule has 0 radical (unpaired) electrons. The number of Topliss-reactive ketones (excluding diaryl/α,β-unsaturated/α-hetero) is 1. The Morgan fingerprint density at radius 3 is 1.96 bits per heavy atom. The number of carbonyl (C=O) groups is 8. The largest absolute Gasteiger partial charge is 0.509 e. The molecule has 2 amide bonds. The van der Waals surface area contributed by atoms with Crippen LogP contribution in [0, 0.1) is 22.7 Å². The summed E-state index contributed by atoms with van der Waals surface area (Å²) in [5.41, 5.74) is -6.81. The molecule has 8 rings (SSSR count). The first-order chi connectivity index (χ1) is 38.9. The van der Waals surface area contributed by atoms with E-state index in [1.807, 2.05) is 13.8 Å². The smallest absolute Gasteiger partial charge is 0.455 e. The number of amides is 2. The second-order valence-corrected chi connectivity index (χ2v) is 22.6. The Hall–Kier alpha value is -7.78. The lowest BCUT2D eigenvalue weighted by atomic mass is 9.44. The van der Waals surface area contributed by atoms with Gasteiger partial charge in [-0.05, 0) is 91.9 Å². The molecule has 20 heteroatoms. The van der Waals surface area contributed by atoms with Crippen molar-refractivity contribution < 1.29 is 81.7 Å². The summed E-state index contributed by atoms with van der Waals surface area (Å²) >= 11 is 0. The number of anilines is 1. The van der Waals surface area contributed by atoms with E-state index in [2.05, 4.69) is 16.0 Å². The molecule has 2 saturated carbocycles. The summed E-state index contributed by atoms with van der Waals surface area (Å²) in [7, 11) is 1.71. The molecular formula is C62H71N3O17. The molecule has 1 saturated heterocycles. The summed E-state index contributed by atoms with van der Waals surface area (Å²) in [5.74, 6) is -7.23. The minimum Gasteiger partial charge on any atom is -0.455 e. The summed E-state index contributed by atoms with van der Waals surface area (Å²) in [4.78, 5) is 114. The van der Waals surface area contributed by atoms with E-state index in [1.54, 1.807) is 98.0 Å². The van der Waals surface area contributed by atoms with Crippen molar-refractivity contribution in [2.24, 2.45) is 22.7 Å². The van der Waals surface area contributed by atoms with Gasteiger partial charge in [0, 0.05) is 43.4 Å². The number of ketones is 1. The lowest BCUT2D eigenvalue weighted by Gasteiger charge is -2.67. The van der Waals surface area contributed by atoms with E-state index in [0.29, 0.717) is 17.7 Å². The van der Waals surface area contributed by atoms with Gasteiger partial charge in [0.05, 0.1) is 35.6 Å². The molecule has 3 aliphatic carbocycles. The van der Waals surface area contributed by atoms with Crippen molar-refractivity contribution in [3.8, 4) is 0 Å². The summed E-state index contributed by atoms with van der Waals surface area (Å²) in [6.07, 6.45) is -11.9. The topological polar surface area (TPSA) is 278 Å². The van der Waals surface area contributed by atoms with Crippen LogP contribution in [0.2, 0.25) is 0 Å². The average Bonchev–Trinajstić information content (AvgIpc) is 1.08.